The lowest BCUT2D eigenvalue weighted by atomic mass is 9.88. The van der Waals surface area contributed by atoms with E-state index in [-0.39, 0.29) is 12.2 Å². The van der Waals surface area contributed by atoms with Crippen molar-refractivity contribution < 1.29 is 23.9 Å². The van der Waals surface area contributed by atoms with Crippen LogP contribution in [0.4, 0.5) is 5.00 Å². The first kappa shape index (κ1) is 22.5. The standard InChI is InChI=1S/C23H24N2O5S/c1-4-29-23(28)19-17-10-5-13(2)11-18(17)31-21(19)25-20(26)14(3)30-22(27)16-8-6-15(12-24)7-9-16/h6-9,13-14H,4-5,10-11H2,1-3H3,(H,25,26)/t13-,14+/m1/s1. The highest BCUT2D eigenvalue weighted by molar-refractivity contribution is 7.17. The van der Waals surface area contributed by atoms with Crippen LogP contribution in [0.5, 0.6) is 0 Å². The Morgan fingerprint density at radius 3 is 2.61 bits per heavy atom. The molecule has 0 radical (unpaired) electrons. The summed E-state index contributed by atoms with van der Waals surface area (Å²) in [6.45, 7) is 5.61. The van der Waals surface area contributed by atoms with Gasteiger partial charge in [0.25, 0.3) is 5.91 Å². The van der Waals surface area contributed by atoms with Crippen molar-refractivity contribution in [2.24, 2.45) is 5.92 Å². The molecule has 1 N–H and O–H groups in total. The zero-order valence-electron chi connectivity index (χ0n) is 17.7. The number of rotatable bonds is 6. The highest BCUT2D eigenvalue weighted by Gasteiger charge is 2.30. The molecule has 162 valence electrons. The summed E-state index contributed by atoms with van der Waals surface area (Å²) in [6, 6.07) is 7.92. The maximum Gasteiger partial charge on any atom is 0.341 e. The molecule has 0 fully saturated rings. The highest BCUT2D eigenvalue weighted by Crippen LogP contribution is 2.40. The first-order valence-corrected chi connectivity index (χ1v) is 11.0. The molecule has 1 aliphatic rings. The van der Waals surface area contributed by atoms with Gasteiger partial charge in [0.2, 0.25) is 0 Å². The van der Waals surface area contributed by atoms with Crippen LogP contribution in [0.3, 0.4) is 0 Å². The molecule has 1 aromatic carbocycles. The Bertz CT molecular complexity index is 1040. The van der Waals surface area contributed by atoms with Gasteiger partial charge in [0, 0.05) is 4.88 Å². The fraction of sp³-hybridized carbons (Fsp3) is 0.391. The normalized spacial score (nSPS) is 15.9. The van der Waals surface area contributed by atoms with Crippen molar-refractivity contribution in [1.29, 1.82) is 5.26 Å². The number of amides is 1. The van der Waals surface area contributed by atoms with Gasteiger partial charge in [-0.15, -0.1) is 11.3 Å². The predicted molar refractivity (Wildman–Crippen MR) is 116 cm³/mol. The van der Waals surface area contributed by atoms with E-state index in [2.05, 4.69) is 12.2 Å². The summed E-state index contributed by atoms with van der Waals surface area (Å²) < 4.78 is 10.5. The van der Waals surface area contributed by atoms with E-state index >= 15 is 0 Å². The largest absolute Gasteiger partial charge is 0.462 e. The summed E-state index contributed by atoms with van der Waals surface area (Å²) in [5, 5.41) is 12.0. The minimum atomic E-state index is -1.07. The molecular weight excluding hydrogens is 416 g/mol. The van der Waals surface area contributed by atoms with E-state index in [1.165, 1.54) is 42.5 Å². The van der Waals surface area contributed by atoms with Crippen LogP contribution < -0.4 is 5.32 Å². The van der Waals surface area contributed by atoms with E-state index in [9.17, 15) is 14.4 Å². The number of hydrogen-bond donors (Lipinski definition) is 1. The van der Waals surface area contributed by atoms with Gasteiger partial charge in [-0.25, -0.2) is 9.59 Å². The average molecular weight is 441 g/mol. The molecule has 0 bridgehead atoms. The Labute approximate surface area is 185 Å². The third kappa shape index (κ3) is 5.12. The van der Waals surface area contributed by atoms with Crippen molar-refractivity contribution in [3.63, 3.8) is 0 Å². The Hall–Kier alpha value is -3.18. The fourth-order valence-electron chi connectivity index (χ4n) is 3.43. The van der Waals surface area contributed by atoms with Crippen LogP contribution in [0, 0.1) is 17.2 Å². The number of hydrogen-bond acceptors (Lipinski definition) is 7. The van der Waals surface area contributed by atoms with E-state index in [0.29, 0.717) is 22.0 Å². The van der Waals surface area contributed by atoms with E-state index < -0.39 is 23.9 Å². The van der Waals surface area contributed by atoms with E-state index in [0.717, 1.165) is 29.7 Å². The van der Waals surface area contributed by atoms with Gasteiger partial charge >= 0.3 is 11.9 Å². The van der Waals surface area contributed by atoms with Crippen LogP contribution >= 0.6 is 11.3 Å². The van der Waals surface area contributed by atoms with Crippen LogP contribution in [0.25, 0.3) is 0 Å². The van der Waals surface area contributed by atoms with Crippen LogP contribution in [-0.2, 0) is 27.1 Å². The lowest BCUT2D eigenvalue weighted by Crippen LogP contribution is -2.30. The third-order valence-corrected chi connectivity index (χ3v) is 6.30. The number of anilines is 1. The molecule has 0 unspecified atom stereocenters. The molecule has 0 spiro atoms. The average Bonchev–Trinajstić information content (AvgIpc) is 3.10. The molecular formula is C23H24N2O5S. The summed E-state index contributed by atoms with van der Waals surface area (Å²) in [7, 11) is 0. The van der Waals surface area contributed by atoms with E-state index in [1.54, 1.807) is 6.92 Å². The molecule has 1 heterocycles. The van der Waals surface area contributed by atoms with Crippen molar-refractivity contribution >= 4 is 34.2 Å². The number of nitriles is 1. The molecule has 1 amide bonds. The first-order valence-electron chi connectivity index (χ1n) is 10.2. The molecule has 0 aliphatic heterocycles. The molecule has 8 heteroatoms. The van der Waals surface area contributed by atoms with Gasteiger partial charge in [0.05, 0.1) is 29.4 Å². The number of thiophene rings is 1. The second-order valence-corrected chi connectivity index (χ2v) is 8.61. The maximum absolute atomic E-state index is 12.7. The van der Waals surface area contributed by atoms with Gasteiger partial charge < -0.3 is 14.8 Å². The van der Waals surface area contributed by atoms with Crippen LogP contribution in [0.15, 0.2) is 24.3 Å². The number of esters is 2. The van der Waals surface area contributed by atoms with Gasteiger partial charge in [0.15, 0.2) is 6.10 Å². The highest BCUT2D eigenvalue weighted by atomic mass is 32.1. The van der Waals surface area contributed by atoms with Crippen LogP contribution in [0.1, 0.15) is 63.9 Å². The molecule has 2 aromatic rings. The number of carbonyl (C=O) groups is 3. The minimum absolute atomic E-state index is 0.242. The Morgan fingerprint density at radius 2 is 1.97 bits per heavy atom. The van der Waals surface area contributed by atoms with Gasteiger partial charge in [-0.2, -0.15) is 5.26 Å². The van der Waals surface area contributed by atoms with Gasteiger partial charge in [-0.05, 0) is 68.9 Å². The summed E-state index contributed by atoms with van der Waals surface area (Å²) in [4.78, 5) is 38.7. The second-order valence-electron chi connectivity index (χ2n) is 7.50. The fourth-order valence-corrected chi connectivity index (χ4v) is 4.84. The summed E-state index contributed by atoms with van der Waals surface area (Å²) in [6.07, 6.45) is 1.52. The number of nitrogens with one attached hydrogen (secondary N) is 1. The summed E-state index contributed by atoms with van der Waals surface area (Å²) in [5.74, 6) is -1.14. The topological polar surface area (TPSA) is 105 Å². The molecule has 7 nitrogen and oxygen atoms in total. The predicted octanol–water partition coefficient (Wildman–Crippen LogP) is 4.11. The molecule has 1 aliphatic carbocycles. The number of ether oxygens (including phenoxy) is 2. The second kappa shape index (κ2) is 9.75. The van der Waals surface area contributed by atoms with Gasteiger partial charge in [0.1, 0.15) is 5.00 Å². The zero-order valence-corrected chi connectivity index (χ0v) is 18.5. The third-order valence-electron chi connectivity index (χ3n) is 5.13. The Morgan fingerprint density at radius 1 is 1.26 bits per heavy atom. The molecule has 0 saturated carbocycles. The molecule has 0 saturated heterocycles. The maximum atomic E-state index is 12.7. The molecule has 2 atom stereocenters. The van der Waals surface area contributed by atoms with Crippen molar-refractivity contribution in [2.75, 3.05) is 11.9 Å². The quantitative estimate of drug-likeness (QED) is 0.678. The first-order chi connectivity index (χ1) is 14.8. The smallest absolute Gasteiger partial charge is 0.341 e. The summed E-state index contributed by atoms with van der Waals surface area (Å²) >= 11 is 1.38. The van der Waals surface area contributed by atoms with E-state index in [1.807, 2.05) is 6.07 Å². The van der Waals surface area contributed by atoms with E-state index in [4.69, 9.17) is 14.7 Å². The zero-order chi connectivity index (χ0) is 22.5. The number of benzene rings is 1. The van der Waals surface area contributed by atoms with Gasteiger partial charge in [-0.3, -0.25) is 4.79 Å². The number of nitrogens with zero attached hydrogens (tertiary/aromatic N) is 1. The Balaban J connectivity index is 1.75. The number of fused-ring (bicyclic) bond motifs is 1. The summed E-state index contributed by atoms with van der Waals surface area (Å²) in [5.41, 5.74) is 2.02. The molecule has 1 aromatic heterocycles. The lowest BCUT2D eigenvalue weighted by Gasteiger charge is -2.18. The van der Waals surface area contributed by atoms with Crippen molar-refractivity contribution in [3.8, 4) is 6.07 Å². The van der Waals surface area contributed by atoms with Crippen LogP contribution in [0.2, 0.25) is 0 Å². The van der Waals surface area contributed by atoms with Gasteiger partial charge in [-0.1, -0.05) is 6.92 Å². The lowest BCUT2D eigenvalue weighted by molar-refractivity contribution is -0.123. The van der Waals surface area contributed by atoms with Crippen molar-refractivity contribution in [2.45, 2.75) is 46.1 Å². The number of carbonyl (C=O) groups excluding carboxylic acids is 3. The van der Waals surface area contributed by atoms with Crippen LogP contribution in [-0.4, -0.2) is 30.6 Å². The monoisotopic (exact) mass is 440 g/mol. The molecule has 3 rings (SSSR count). The van der Waals surface area contributed by atoms with Crippen molar-refractivity contribution in [3.05, 3.63) is 51.4 Å². The molecule has 31 heavy (non-hydrogen) atoms. The SMILES string of the molecule is CCOC(=O)c1c(NC(=O)[C@H](C)OC(=O)c2ccc(C#N)cc2)sc2c1CC[C@@H](C)C2. The minimum Gasteiger partial charge on any atom is -0.462 e. The van der Waals surface area contributed by atoms with Crippen molar-refractivity contribution in [1.82, 2.24) is 0 Å². The Kier molecular flexibility index (Phi) is 7.08.